The highest BCUT2D eigenvalue weighted by atomic mass is 16.7. The molecule has 2 fully saturated rings. The molecule has 16 heteroatoms. The van der Waals surface area contributed by atoms with Crippen molar-refractivity contribution in [2.45, 2.75) is 55.3 Å². The van der Waals surface area contributed by atoms with Crippen molar-refractivity contribution in [3.8, 4) is 40.1 Å². The zero-order chi connectivity index (χ0) is 30.5. The van der Waals surface area contributed by atoms with Crippen molar-refractivity contribution in [2.24, 2.45) is 0 Å². The lowest BCUT2D eigenvalue weighted by Gasteiger charge is -2.39. The van der Waals surface area contributed by atoms with Crippen LogP contribution < -0.4 is 10.2 Å². The largest absolute Gasteiger partial charge is 0.508 e. The van der Waals surface area contributed by atoms with Crippen molar-refractivity contribution in [2.75, 3.05) is 13.2 Å². The van der Waals surface area contributed by atoms with Gasteiger partial charge in [0, 0.05) is 17.7 Å². The van der Waals surface area contributed by atoms with Gasteiger partial charge in [0.15, 0.2) is 23.5 Å². The minimum atomic E-state index is -1.79. The van der Waals surface area contributed by atoms with Gasteiger partial charge in [0.05, 0.1) is 13.2 Å². The first-order valence-electron chi connectivity index (χ1n) is 12.6. The van der Waals surface area contributed by atoms with Crippen molar-refractivity contribution >= 4 is 11.0 Å². The van der Waals surface area contributed by atoms with Gasteiger partial charge in [0.1, 0.15) is 65.2 Å². The first-order valence-corrected chi connectivity index (χ1v) is 12.6. The average Bonchev–Trinajstić information content (AvgIpc) is 3.21. The Bertz CT molecular complexity index is 1500. The van der Waals surface area contributed by atoms with Crippen LogP contribution in [0.5, 0.6) is 28.7 Å². The predicted molar refractivity (Wildman–Crippen MR) is 136 cm³/mol. The lowest BCUT2D eigenvalue weighted by molar-refractivity contribution is -0.306. The summed E-state index contributed by atoms with van der Waals surface area (Å²) >= 11 is 0. The summed E-state index contributed by atoms with van der Waals surface area (Å²) in [6.07, 6.45) is -14.5. The molecule has 1 aromatic heterocycles. The zero-order valence-electron chi connectivity index (χ0n) is 21.4. The van der Waals surface area contributed by atoms with E-state index < -0.39 is 108 Å². The van der Waals surface area contributed by atoms with E-state index in [1.165, 1.54) is 6.07 Å². The third-order valence-corrected chi connectivity index (χ3v) is 6.98. The van der Waals surface area contributed by atoms with Gasteiger partial charge in [0.25, 0.3) is 0 Å². The molecular weight excluding hydrogens is 568 g/mol. The molecule has 3 heterocycles. The Hall–Kier alpha value is -3.71. The summed E-state index contributed by atoms with van der Waals surface area (Å²) in [6.45, 7) is -1.27. The maximum atomic E-state index is 13.5. The van der Waals surface area contributed by atoms with E-state index in [9.17, 15) is 55.9 Å². The summed E-state index contributed by atoms with van der Waals surface area (Å²) in [5, 5.41) is 100. The van der Waals surface area contributed by atoms with Crippen LogP contribution in [0.15, 0.2) is 39.5 Å². The van der Waals surface area contributed by atoms with Crippen LogP contribution in [0.25, 0.3) is 22.3 Å². The summed E-state index contributed by atoms with van der Waals surface area (Å²) in [5.74, 6) is -3.17. The summed E-state index contributed by atoms with van der Waals surface area (Å²) in [4.78, 5) is 13.5. The fraction of sp³-hybridized carbons (Fsp3) is 0.423. The Balaban J connectivity index is 1.43. The maximum Gasteiger partial charge on any atom is 0.239 e. The maximum absolute atomic E-state index is 13.5. The normalized spacial score (nSPS) is 31.4. The molecule has 5 rings (SSSR count). The molecule has 0 spiro atoms. The van der Waals surface area contributed by atoms with Gasteiger partial charge in [-0.2, -0.15) is 0 Å². The number of hydrogen-bond donors (Lipinski definition) is 10. The average molecular weight is 596 g/mol. The Kier molecular flexibility index (Phi) is 8.17. The van der Waals surface area contributed by atoms with E-state index in [4.69, 9.17) is 23.4 Å². The van der Waals surface area contributed by atoms with Crippen LogP contribution in [0.2, 0.25) is 0 Å². The molecule has 2 aliphatic heterocycles. The second kappa shape index (κ2) is 11.5. The Morgan fingerprint density at radius 2 is 1.40 bits per heavy atom. The van der Waals surface area contributed by atoms with E-state index in [1.54, 1.807) is 0 Å². The molecule has 0 unspecified atom stereocenters. The number of hydrogen-bond acceptors (Lipinski definition) is 16. The molecule has 0 bridgehead atoms. The van der Waals surface area contributed by atoms with Crippen molar-refractivity contribution < 1.29 is 74.4 Å². The van der Waals surface area contributed by atoms with Crippen molar-refractivity contribution in [3.63, 3.8) is 0 Å². The van der Waals surface area contributed by atoms with Crippen molar-refractivity contribution in [1.82, 2.24) is 0 Å². The molecule has 42 heavy (non-hydrogen) atoms. The summed E-state index contributed by atoms with van der Waals surface area (Å²) in [5.41, 5.74) is -1.26. The van der Waals surface area contributed by atoms with Gasteiger partial charge < -0.3 is 74.4 Å². The fourth-order valence-electron chi connectivity index (χ4n) is 4.69. The van der Waals surface area contributed by atoms with Crippen LogP contribution in [-0.2, 0) is 14.2 Å². The fourth-order valence-corrected chi connectivity index (χ4v) is 4.69. The van der Waals surface area contributed by atoms with E-state index in [1.807, 2.05) is 0 Å². The second-order valence-electron chi connectivity index (χ2n) is 9.80. The number of rotatable bonds is 7. The molecule has 0 amide bonds. The zero-order valence-corrected chi connectivity index (χ0v) is 21.4. The molecule has 3 aromatic rings. The van der Waals surface area contributed by atoms with Crippen LogP contribution in [0, 0.1) is 0 Å². The quantitative estimate of drug-likeness (QED) is 0.131. The van der Waals surface area contributed by atoms with Gasteiger partial charge in [-0.05, 0) is 18.2 Å². The lowest BCUT2D eigenvalue weighted by atomic mass is 9.99. The van der Waals surface area contributed by atoms with Gasteiger partial charge >= 0.3 is 0 Å². The lowest BCUT2D eigenvalue weighted by Crippen LogP contribution is -2.59. The molecule has 2 aliphatic rings. The third kappa shape index (κ3) is 5.31. The van der Waals surface area contributed by atoms with Gasteiger partial charge in [-0.25, -0.2) is 0 Å². The number of benzene rings is 2. The van der Waals surface area contributed by atoms with E-state index >= 15 is 0 Å². The van der Waals surface area contributed by atoms with Gasteiger partial charge in [-0.15, -0.1) is 0 Å². The molecule has 228 valence electrons. The highest BCUT2D eigenvalue weighted by Crippen LogP contribution is 2.39. The van der Waals surface area contributed by atoms with Crippen LogP contribution in [-0.4, -0.2) is 120 Å². The van der Waals surface area contributed by atoms with Crippen molar-refractivity contribution in [1.29, 1.82) is 0 Å². The second-order valence-corrected chi connectivity index (χ2v) is 9.80. The van der Waals surface area contributed by atoms with Gasteiger partial charge in [0.2, 0.25) is 17.5 Å². The summed E-state index contributed by atoms with van der Waals surface area (Å²) in [6, 6.07) is 5.31. The molecule has 0 radical (unpaired) electrons. The van der Waals surface area contributed by atoms with Crippen LogP contribution in [0.4, 0.5) is 0 Å². The SMILES string of the molecule is O=c1c(O[C@@H]2O[C@H](CO[C@@H]3O[C@H](CO)[C@@H](O)[C@H](O)[C@H]3O)[C@H](O)[C@H]2O)c(-c2ccc(O)c(O)c2)oc2cc(O)cc(O)c12. The molecule has 0 aliphatic carbocycles. The summed E-state index contributed by atoms with van der Waals surface area (Å²) < 4.78 is 27.5. The molecule has 2 saturated heterocycles. The number of phenolic OH excluding ortho intramolecular Hbond substituents is 4. The molecule has 16 nitrogen and oxygen atoms in total. The highest BCUT2D eigenvalue weighted by molar-refractivity contribution is 5.88. The van der Waals surface area contributed by atoms with Crippen LogP contribution in [0.3, 0.4) is 0 Å². The topological polar surface area (TPSA) is 269 Å². The number of phenols is 4. The molecule has 2 aromatic carbocycles. The number of ether oxygens (including phenoxy) is 4. The number of aromatic hydroxyl groups is 4. The minimum Gasteiger partial charge on any atom is -0.508 e. The smallest absolute Gasteiger partial charge is 0.239 e. The van der Waals surface area contributed by atoms with Gasteiger partial charge in [-0.1, -0.05) is 0 Å². The van der Waals surface area contributed by atoms with E-state index in [0.717, 1.165) is 24.3 Å². The number of aliphatic hydroxyl groups excluding tert-OH is 6. The number of fused-ring (bicyclic) bond motifs is 1. The van der Waals surface area contributed by atoms with Crippen LogP contribution in [0.1, 0.15) is 0 Å². The number of aliphatic hydroxyl groups is 6. The summed E-state index contributed by atoms with van der Waals surface area (Å²) in [7, 11) is 0. The van der Waals surface area contributed by atoms with E-state index in [0.29, 0.717) is 0 Å². The highest BCUT2D eigenvalue weighted by Gasteiger charge is 2.48. The van der Waals surface area contributed by atoms with E-state index in [2.05, 4.69) is 0 Å². The van der Waals surface area contributed by atoms with Crippen molar-refractivity contribution in [3.05, 3.63) is 40.6 Å². The Morgan fingerprint density at radius 3 is 2.10 bits per heavy atom. The first kappa shape index (κ1) is 29.8. The Labute approximate surface area is 235 Å². The standard InChI is InChI=1S/C26H28O16/c27-6-14-17(32)20(35)22(37)25(40-14)38-7-15-18(33)21(36)26(41-15)42-24-19(34)16-12(31)4-9(28)5-13(16)39-23(24)8-1-2-10(29)11(30)3-8/h1-5,14-15,17-18,20-22,25-33,35-37H,6-7H2/t14-,15-,17-,18+,20+,21-,22-,25-,26+/m1/s1. The molecule has 10 N–H and O–H groups in total. The molecule has 0 saturated carbocycles. The molecular formula is C26H28O16. The van der Waals surface area contributed by atoms with Crippen LogP contribution >= 0.6 is 0 Å². The third-order valence-electron chi connectivity index (χ3n) is 6.98. The minimum absolute atomic E-state index is 0.00216. The molecule has 9 atom stereocenters. The predicted octanol–water partition coefficient (Wildman–Crippen LogP) is -2.08. The first-order chi connectivity index (χ1) is 19.9. The Morgan fingerprint density at radius 1 is 0.738 bits per heavy atom. The van der Waals surface area contributed by atoms with E-state index in [-0.39, 0.29) is 16.9 Å². The monoisotopic (exact) mass is 596 g/mol. The van der Waals surface area contributed by atoms with Gasteiger partial charge in [-0.3, -0.25) is 4.79 Å².